The summed E-state index contributed by atoms with van der Waals surface area (Å²) >= 11 is 0. The van der Waals surface area contributed by atoms with Crippen molar-refractivity contribution in [3.63, 3.8) is 0 Å². The Labute approximate surface area is 185 Å². The van der Waals surface area contributed by atoms with Crippen LogP contribution in [0.4, 0.5) is 0 Å². The molecule has 0 saturated heterocycles. The van der Waals surface area contributed by atoms with Crippen molar-refractivity contribution in [2.24, 2.45) is 22.7 Å². The molecule has 0 unspecified atom stereocenters. The van der Waals surface area contributed by atoms with Gasteiger partial charge in [0.25, 0.3) is 0 Å². The van der Waals surface area contributed by atoms with Crippen LogP contribution in [0.15, 0.2) is 14.0 Å². The van der Waals surface area contributed by atoms with Gasteiger partial charge in [-0.3, -0.25) is 0 Å². The Bertz CT molecular complexity index is 1090. The van der Waals surface area contributed by atoms with E-state index in [1.165, 1.54) is 24.0 Å². The summed E-state index contributed by atoms with van der Waals surface area (Å²) in [4.78, 5) is 26.4. The van der Waals surface area contributed by atoms with E-state index in [1.54, 1.807) is 0 Å². The van der Waals surface area contributed by atoms with Gasteiger partial charge < -0.3 is 4.42 Å². The van der Waals surface area contributed by atoms with E-state index in [4.69, 9.17) is 4.42 Å². The topological polar surface area (TPSA) is 47.3 Å². The number of fused-ring (bicyclic) bond motifs is 7. The van der Waals surface area contributed by atoms with Gasteiger partial charge in [0.15, 0.2) is 0 Å². The molecule has 2 saturated carbocycles. The summed E-state index contributed by atoms with van der Waals surface area (Å²) in [5.41, 5.74) is 1.71. The van der Waals surface area contributed by atoms with E-state index in [9.17, 15) is 9.59 Å². The Balaban J connectivity index is 1.95. The van der Waals surface area contributed by atoms with Crippen LogP contribution < -0.4 is 21.7 Å². The van der Waals surface area contributed by atoms with Gasteiger partial charge >= 0.3 is 11.3 Å². The molecule has 5 rings (SSSR count). The molecule has 3 heteroatoms. The molecule has 0 aromatic carbocycles. The van der Waals surface area contributed by atoms with Gasteiger partial charge in [0.1, 0.15) is 0 Å². The van der Waals surface area contributed by atoms with Crippen LogP contribution in [0.25, 0.3) is 12.2 Å². The van der Waals surface area contributed by atoms with Crippen LogP contribution in [0, 0.1) is 22.7 Å². The quantitative estimate of drug-likeness (QED) is 0.617. The van der Waals surface area contributed by atoms with Crippen LogP contribution in [0.5, 0.6) is 0 Å². The maximum atomic E-state index is 13.2. The summed E-state index contributed by atoms with van der Waals surface area (Å²) in [5, 5.41) is 1.38. The highest BCUT2D eigenvalue weighted by atomic mass is 16.4. The van der Waals surface area contributed by atoms with E-state index < -0.39 is 11.3 Å². The van der Waals surface area contributed by atoms with Crippen LogP contribution in [-0.2, 0) is 10.8 Å². The summed E-state index contributed by atoms with van der Waals surface area (Å²) in [6.45, 7) is 14.3. The van der Waals surface area contributed by atoms with E-state index in [0.717, 1.165) is 38.5 Å². The van der Waals surface area contributed by atoms with Gasteiger partial charge in [0.05, 0.1) is 10.4 Å². The first kappa shape index (κ1) is 21.2. The minimum Gasteiger partial charge on any atom is -0.386 e. The third-order valence-electron chi connectivity index (χ3n) is 10.1. The predicted octanol–water partition coefficient (Wildman–Crippen LogP) is 4.54. The van der Waals surface area contributed by atoms with Gasteiger partial charge in [-0.2, -0.15) is 0 Å². The first-order valence-corrected chi connectivity index (χ1v) is 12.3. The minimum absolute atomic E-state index is 0.101. The van der Waals surface area contributed by atoms with Gasteiger partial charge in [0.2, 0.25) is 0 Å². The lowest BCUT2D eigenvalue weighted by molar-refractivity contribution is 0.0414. The first-order chi connectivity index (χ1) is 14.4. The highest BCUT2D eigenvalue weighted by Crippen LogP contribution is 2.59. The van der Waals surface area contributed by atoms with Gasteiger partial charge in [0, 0.05) is 0 Å². The van der Waals surface area contributed by atoms with E-state index in [-0.39, 0.29) is 21.7 Å². The fraction of sp³-hybridized carbons (Fsp3) is 0.714. The standard InChI is InChI=1S/C28H38O3/c1-25(2)13-7-15-27(5)19(25)11-9-17-21(27)22-18(24(30)31-23(17)29)10-12-20-26(3,4)14-8-16-28(20,22)6/h9-10,19-20H,7-8,11-16H2,1-6H3/t19-,20+,27-,28+. The lowest BCUT2D eigenvalue weighted by Crippen LogP contribution is -2.56. The molecule has 0 spiro atoms. The third-order valence-corrected chi connectivity index (χ3v) is 10.1. The molecule has 1 aromatic rings. The molecule has 168 valence electrons. The lowest BCUT2D eigenvalue weighted by atomic mass is 9.47. The van der Waals surface area contributed by atoms with Crippen LogP contribution >= 0.6 is 0 Å². The Hall–Kier alpha value is -1.64. The molecule has 4 aliphatic rings. The average molecular weight is 423 g/mol. The monoisotopic (exact) mass is 422 g/mol. The molecule has 0 aliphatic heterocycles. The van der Waals surface area contributed by atoms with Crippen molar-refractivity contribution in [2.75, 3.05) is 0 Å². The summed E-state index contributed by atoms with van der Waals surface area (Å²) in [6, 6.07) is 0. The summed E-state index contributed by atoms with van der Waals surface area (Å²) in [6.07, 6.45) is 12.9. The molecule has 2 fully saturated rings. The zero-order chi connectivity index (χ0) is 22.4. The van der Waals surface area contributed by atoms with Gasteiger partial charge in [-0.05, 0) is 83.1 Å². The molecule has 1 heterocycles. The fourth-order valence-electron chi connectivity index (χ4n) is 8.70. The van der Waals surface area contributed by atoms with Crippen molar-refractivity contribution in [2.45, 2.75) is 104 Å². The summed E-state index contributed by atoms with van der Waals surface area (Å²) in [5.74, 6) is 0.950. The molecule has 0 radical (unpaired) electrons. The highest BCUT2D eigenvalue weighted by Gasteiger charge is 2.55. The predicted molar refractivity (Wildman–Crippen MR) is 126 cm³/mol. The highest BCUT2D eigenvalue weighted by molar-refractivity contribution is 5.51. The molecule has 3 nitrogen and oxygen atoms in total. The maximum absolute atomic E-state index is 13.2. The molecule has 1 aromatic heterocycles. The first-order valence-electron chi connectivity index (χ1n) is 12.3. The SMILES string of the molecule is CC1(C)CCC[C@@]2(C)c3c4c(c(=O)oc(=O)c3=CC[C@H]12)=CC[C@H]1C(C)(C)CCC[C@]41C. The van der Waals surface area contributed by atoms with E-state index >= 15 is 0 Å². The smallest absolute Gasteiger partial charge is 0.346 e. The van der Waals surface area contributed by atoms with E-state index in [1.807, 2.05) is 0 Å². The minimum atomic E-state index is -0.430. The van der Waals surface area contributed by atoms with E-state index in [2.05, 4.69) is 53.7 Å². The van der Waals surface area contributed by atoms with Crippen LogP contribution in [0.2, 0.25) is 0 Å². The average Bonchev–Trinajstić information content (AvgIpc) is 2.76. The molecule has 4 aliphatic carbocycles. The number of rotatable bonds is 0. The second-order valence-electron chi connectivity index (χ2n) is 12.8. The second kappa shape index (κ2) is 6.45. The Morgan fingerprint density at radius 3 is 1.45 bits per heavy atom. The molecular formula is C28H38O3. The zero-order valence-electron chi connectivity index (χ0n) is 20.2. The summed E-state index contributed by atoms with van der Waals surface area (Å²) < 4.78 is 5.45. The van der Waals surface area contributed by atoms with E-state index in [0.29, 0.717) is 22.3 Å². The molecular weight excluding hydrogens is 384 g/mol. The number of hydrogen-bond donors (Lipinski definition) is 0. The largest absolute Gasteiger partial charge is 0.386 e. The van der Waals surface area contributed by atoms with Crippen molar-refractivity contribution >= 4 is 12.2 Å². The Kier molecular flexibility index (Phi) is 4.42. The summed E-state index contributed by atoms with van der Waals surface area (Å²) in [7, 11) is 0. The molecule has 0 N–H and O–H groups in total. The fourth-order valence-corrected chi connectivity index (χ4v) is 8.70. The number of hydrogen-bond acceptors (Lipinski definition) is 3. The van der Waals surface area contributed by atoms with Crippen LogP contribution in [0.3, 0.4) is 0 Å². The van der Waals surface area contributed by atoms with Crippen LogP contribution in [0.1, 0.15) is 104 Å². The Morgan fingerprint density at radius 1 is 0.677 bits per heavy atom. The zero-order valence-corrected chi connectivity index (χ0v) is 20.2. The second-order valence-corrected chi connectivity index (χ2v) is 12.8. The van der Waals surface area contributed by atoms with Crippen molar-refractivity contribution in [3.05, 3.63) is 42.4 Å². The third kappa shape index (κ3) is 2.77. The van der Waals surface area contributed by atoms with Crippen molar-refractivity contribution in [1.29, 1.82) is 0 Å². The van der Waals surface area contributed by atoms with Crippen molar-refractivity contribution in [1.82, 2.24) is 0 Å². The van der Waals surface area contributed by atoms with Gasteiger partial charge in [-0.1, -0.05) is 66.5 Å². The van der Waals surface area contributed by atoms with Gasteiger partial charge in [-0.15, -0.1) is 0 Å². The Morgan fingerprint density at radius 2 is 1.06 bits per heavy atom. The molecule has 0 amide bonds. The lowest BCUT2D eigenvalue weighted by Gasteiger charge is -2.57. The molecule has 4 atom stereocenters. The molecule has 0 bridgehead atoms. The van der Waals surface area contributed by atoms with Crippen molar-refractivity contribution in [3.8, 4) is 0 Å². The molecule has 31 heavy (non-hydrogen) atoms. The van der Waals surface area contributed by atoms with Gasteiger partial charge in [-0.25, -0.2) is 9.59 Å². The van der Waals surface area contributed by atoms with Crippen LogP contribution in [-0.4, -0.2) is 0 Å². The van der Waals surface area contributed by atoms with Crippen molar-refractivity contribution < 1.29 is 4.42 Å². The maximum Gasteiger partial charge on any atom is 0.346 e. The normalized spacial score (nSPS) is 37.2.